The first-order chi connectivity index (χ1) is 19.6. The number of amides is 1. The maximum atomic E-state index is 12.4. The van der Waals surface area contributed by atoms with Crippen molar-refractivity contribution in [2.24, 2.45) is 0 Å². The predicted octanol–water partition coefficient (Wildman–Crippen LogP) is 8.42. The Hall–Kier alpha value is -3.07. The topological polar surface area (TPSA) is 113 Å². The zero-order chi connectivity index (χ0) is 28.4. The number of carbonyl (C=O) groups is 1. The van der Waals surface area contributed by atoms with Crippen LogP contribution in [0.2, 0.25) is 0 Å². The van der Waals surface area contributed by atoms with Crippen LogP contribution >= 0.6 is 11.8 Å². The molecule has 0 unspecified atom stereocenters. The van der Waals surface area contributed by atoms with Gasteiger partial charge in [-0.15, -0.1) is 5.10 Å². The van der Waals surface area contributed by atoms with Gasteiger partial charge in [-0.2, -0.15) is 4.68 Å². The van der Waals surface area contributed by atoms with Crippen LogP contribution in [-0.4, -0.2) is 36.3 Å². The molecular weight excluding hydrogens is 522 g/mol. The van der Waals surface area contributed by atoms with E-state index in [0.29, 0.717) is 16.5 Å². The summed E-state index contributed by atoms with van der Waals surface area (Å²) >= 11 is 1.12. The zero-order valence-electron chi connectivity index (χ0n) is 23.9. The highest BCUT2D eigenvalue weighted by Gasteiger charge is 2.16. The number of nitrogens with zero attached hydrogens (tertiary/aromatic N) is 4. The van der Waals surface area contributed by atoms with Crippen LogP contribution < -0.4 is 5.32 Å². The summed E-state index contributed by atoms with van der Waals surface area (Å²) in [5, 5.41) is 35.9. The smallest absolute Gasteiger partial charge is 0.224 e. The van der Waals surface area contributed by atoms with Crippen molar-refractivity contribution in [3.05, 3.63) is 42.5 Å². The maximum absolute atomic E-state index is 12.4. The molecule has 40 heavy (non-hydrogen) atoms. The molecule has 3 aromatic rings. The van der Waals surface area contributed by atoms with Crippen molar-refractivity contribution in [2.75, 3.05) is 5.32 Å². The normalized spacial score (nSPS) is 11.1. The lowest BCUT2D eigenvalue weighted by Gasteiger charge is -2.11. The Morgan fingerprint density at radius 3 is 1.98 bits per heavy atom. The van der Waals surface area contributed by atoms with Crippen molar-refractivity contribution in [3.8, 4) is 17.2 Å². The molecule has 0 radical (unpaired) electrons. The second kappa shape index (κ2) is 18.3. The summed E-state index contributed by atoms with van der Waals surface area (Å²) in [5.74, 6) is -0.366. The molecule has 8 nitrogen and oxygen atoms in total. The van der Waals surface area contributed by atoms with Crippen molar-refractivity contribution in [3.63, 3.8) is 0 Å². The summed E-state index contributed by atoms with van der Waals surface area (Å²) in [7, 11) is 0. The minimum Gasteiger partial charge on any atom is -0.507 e. The molecule has 0 saturated heterocycles. The second-order valence-corrected chi connectivity index (χ2v) is 11.4. The van der Waals surface area contributed by atoms with Crippen molar-refractivity contribution in [1.29, 1.82) is 0 Å². The van der Waals surface area contributed by atoms with E-state index in [1.54, 1.807) is 4.68 Å². The van der Waals surface area contributed by atoms with Crippen LogP contribution in [-0.2, 0) is 4.79 Å². The van der Waals surface area contributed by atoms with Gasteiger partial charge in [0, 0.05) is 12.5 Å². The summed E-state index contributed by atoms with van der Waals surface area (Å²) in [5.41, 5.74) is 0.969. The Morgan fingerprint density at radius 1 is 0.800 bits per heavy atom. The molecule has 0 aliphatic heterocycles. The molecular formula is C31H45N5O3S. The number of carbonyl (C=O) groups excluding carboxylic acids is 1. The van der Waals surface area contributed by atoms with Gasteiger partial charge in [0.15, 0.2) is 0 Å². The summed E-state index contributed by atoms with van der Waals surface area (Å²) < 4.78 is 1.55. The molecule has 3 rings (SSSR count). The molecule has 0 aliphatic rings. The fourth-order valence-corrected chi connectivity index (χ4v) is 5.52. The highest BCUT2D eigenvalue weighted by atomic mass is 32.2. The molecule has 2 aromatic carbocycles. The van der Waals surface area contributed by atoms with Gasteiger partial charge in [-0.25, -0.2) is 0 Å². The number of aromatic nitrogens is 4. The standard InChI is InChI=1S/C31H45N5O3S/c1-2-3-4-5-6-7-8-9-10-11-12-13-14-15-19-22-30(39)32-26-23-28(38)29(24-27(26)37)40-31-33-34-35-36(31)25-20-17-16-18-21-25/h16-18,20-21,23-24,37-38H,2-15,19,22H2,1H3,(H,32,39). The number of para-hydroxylation sites is 1. The fraction of sp³-hybridized carbons (Fsp3) is 0.548. The molecule has 0 fully saturated rings. The van der Waals surface area contributed by atoms with Gasteiger partial charge in [0.1, 0.15) is 11.5 Å². The summed E-state index contributed by atoms with van der Waals surface area (Å²) in [6.45, 7) is 2.26. The Balaban J connectivity index is 1.29. The van der Waals surface area contributed by atoms with E-state index in [4.69, 9.17) is 0 Å². The quantitative estimate of drug-likeness (QED) is 0.0713. The Labute approximate surface area is 243 Å². The lowest BCUT2D eigenvalue weighted by molar-refractivity contribution is -0.116. The number of hydrogen-bond acceptors (Lipinski definition) is 7. The number of hydrogen-bond donors (Lipinski definition) is 3. The van der Waals surface area contributed by atoms with Crippen LogP contribution in [0.25, 0.3) is 5.69 Å². The second-order valence-electron chi connectivity index (χ2n) is 10.4. The van der Waals surface area contributed by atoms with Gasteiger partial charge in [0.25, 0.3) is 0 Å². The zero-order valence-corrected chi connectivity index (χ0v) is 24.7. The third-order valence-corrected chi connectivity index (χ3v) is 7.99. The number of benzene rings is 2. The number of rotatable bonds is 20. The first-order valence-electron chi connectivity index (χ1n) is 15.0. The van der Waals surface area contributed by atoms with Crippen LogP contribution in [0, 0.1) is 0 Å². The monoisotopic (exact) mass is 567 g/mol. The van der Waals surface area contributed by atoms with Crippen LogP contribution in [0.5, 0.6) is 11.5 Å². The van der Waals surface area contributed by atoms with Gasteiger partial charge in [0.2, 0.25) is 11.1 Å². The molecule has 1 heterocycles. The van der Waals surface area contributed by atoms with E-state index in [-0.39, 0.29) is 23.1 Å². The van der Waals surface area contributed by atoms with Gasteiger partial charge >= 0.3 is 0 Å². The summed E-state index contributed by atoms with van der Waals surface area (Å²) in [6.07, 6.45) is 19.6. The van der Waals surface area contributed by atoms with E-state index in [1.807, 2.05) is 30.3 Å². The first-order valence-corrected chi connectivity index (χ1v) is 15.8. The minimum absolute atomic E-state index is 0.0762. The van der Waals surface area contributed by atoms with Gasteiger partial charge < -0.3 is 15.5 Å². The summed E-state index contributed by atoms with van der Waals surface area (Å²) in [4.78, 5) is 12.8. The molecule has 0 spiro atoms. The third kappa shape index (κ3) is 11.2. The van der Waals surface area contributed by atoms with Gasteiger partial charge in [-0.1, -0.05) is 115 Å². The Morgan fingerprint density at radius 2 is 1.38 bits per heavy atom. The van der Waals surface area contributed by atoms with Crippen LogP contribution in [0.15, 0.2) is 52.5 Å². The average molecular weight is 568 g/mol. The molecule has 0 atom stereocenters. The number of phenols is 2. The lowest BCUT2D eigenvalue weighted by Crippen LogP contribution is -2.11. The third-order valence-electron chi connectivity index (χ3n) is 7.00. The number of tetrazole rings is 1. The maximum Gasteiger partial charge on any atom is 0.224 e. The highest BCUT2D eigenvalue weighted by molar-refractivity contribution is 7.99. The van der Waals surface area contributed by atoms with E-state index >= 15 is 0 Å². The van der Waals surface area contributed by atoms with Crippen LogP contribution in [0.3, 0.4) is 0 Å². The SMILES string of the molecule is CCCCCCCCCCCCCCCCCC(=O)Nc1cc(O)c(Sc2nnnn2-c2ccccc2)cc1O. The van der Waals surface area contributed by atoms with Crippen LogP contribution in [0.4, 0.5) is 5.69 Å². The molecule has 0 aliphatic carbocycles. The molecule has 3 N–H and O–H groups in total. The van der Waals surface area contributed by atoms with Gasteiger partial charge in [0.05, 0.1) is 16.3 Å². The molecule has 0 saturated carbocycles. The number of unbranched alkanes of at least 4 members (excludes halogenated alkanes) is 14. The molecule has 1 aromatic heterocycles. The van der Waals surface area contributed by atoms with Crippen molar-refractivity contribution in [1.82, 2.24) is 20.2 Å². The van der Waals surface area contributed by atoms with E-state index < -0.39 is 0 Å². The first kappa shape index (κ1) is 31.5. The molecule has 9 heteroatoms. The van der Waals surface area contributed by atoms with E-state index in [1.165, 1.54) is 89.2 Å². The van der Waals surface area contributed by atoms with Crippen molar-refractivity contribution >= 4 is 23.4 Å². The van der Waals surface area contributed by atoms with Crippen molar-refractivity contribution in [2.45, 2.75) is 120 Å². The number of aromatic hydroxyl groups is 2. The van der Waals surface area contributed by atoms with E-state index in [9.17, 15) is 15.0 Å². The Bertz CT molecular complexity index is 1140. The van der Waals surface area contributed by atoms with Gasteiger partial charge in [-0.05, 0) is 46.8 Å². The Kier molecular flexibility index (Phi) is 14.4. The molecule has 0 bridgehead atoms. The molecule has 1 amide bonds. The van der Waals surface area contributed by atoms with Crippen LogP contribution in [0.1, 0.15) is 110 Å². The van der Waals surface area contributed by atoms with Gasteiger partial charge in [-0.3, -0.25) is 4.79 Å². The number of anilines is 1. The number of nitrogens with one attached hydrogen (secondary N) is 1. The van der Waals surface area contributed by atoms with E-state index in [2.05, 4.69) is 27.8 Å². The predicted molar refractivity (Wildman–Crippen MR) is 161 cm³/mol. The molecule has 218 valence electrons. The fourth-order valence-electron chi connectivity index (χ4n) is 4.68. The van der Waals surface area contributed by atoms with E-state index in [0.717, 1.165) is 36.7 Å². The lowest BCUT2D eigenvalue weighted by atomic mass is 10.0. The average Bonchev–Trinajstić information content (AvgIpc) is 3.42. The number of phenolic OH excluding ortho intramolecular Hbond substituents is 2. The highest BCUT2D eigenvalue weighted by Crippen LogP contribution is 2.40. The minimum atomic E-state index is -0.169. The largest absolute Gasteiger partial charge is 0.507 e. The van der Waals surface area contributed by atoms with Crippen molar-refractivity contribution < 1.29 is 15.0 Å². The summed E-state index contributed by atoms with van der Waals surface area (Å²) in [6, 6.07) is 12.2.